The van der Waals surface area contributed by atoms with Crippen LogP contribution < -0.4 is 5.32 Å². The van der Waals surface area contributed by atoms with Crippen molar-refractivity contribution in [1.82, 2.24) is 10.2 Å². The Morgan fingerprint density at radius 1 is 0.882 bits per heavy atom. The minimum absolute atomic E-state index is 0.0558. The number of nitrogens with one attached hydrogen (secondary N) is 1. The van der Waals surface area contributed by atoms with Gasteiger partial charge in [0.05, 0.1) is 6.04 Å². The number of likely N-dealkylation sites (tertiary alicyclic amines) is 1. The molecular formula is C29H49ClN2O2. The van der Waals surface area contributed by atoms with E-state index in [9.17, 15) is 9.90 Å². The van der Waals surface area contributed by atoms with E-state index >= 15 is 0 Å². The van der Waals surface area contributed by atoms with Gasteiger partial charge in [0, 0.05) is 18.0 Å². The van der Waals surface area contributed by atoms with Crippen LogP contribution in [-0.2, 0) is 4.79 Å². The third kappa shape index (κ3) is 12.6. The van der Waals surface area contributed by atoms with Crippen molar-refractivity contribution in [3.05, 3.63) is 34.9 Å². The van der Waals surface area contributed by atoms with E-state index in [1.165, 1.54) is 83.5 Å². The second-order valence-corrected chi connectivity index (χ2v) is 10.6. The first-order valence-corrected chi connectivity index (χ1v) is 14.4. The second kappa shape index (κ2) is 18.2. The average molecular weight is 493 g/mol. The fourth-order valence-corrected chi connectivity index (χ4v) is 5.07. The molecule has 0 bridgehead atoms. The molecule has 2 N–H and O–H groups in total. The van der Waals surface area contributed by atoms with Crippen molar-refractivity contribution in [2.75, 3.05) is 19.6 Å². The van der Waals surface area contributed by atoms with Crippen LogP contribution in [0.15, 0.2) is 24.3 Å². The van der Waals surface area contributed by atoms with Crippen LogP contribution in [0, 0.1) is 0 Å². The molecule has 1 heterocycles. The van der Waals surface area contributed by atoms with Crippen molar-refractivity contribution in [3.63, 3.8) is 0 Å². The van der Waals surface area contributed by atoms with Gasteiger partial charge in [-0.1, -0.05) is 108 Å². The zero-order valence-corrected chi connectivity index (χ0v) is 22.3. The molecular weight excluding hydrogens is 444 g/mol. The maximum atomic E-state index is 12.7. The number of hydrogen-bond acceptors (Lipinski definition) is 3. The highest BCUT2D eigenvalue weighted by atomic mass is 35.5. The minimum atomic E-state index is -0.728. The number of aliphatic hydroxyl groups is 1. The predicted octanol–water partition coefficient (Wildman–Crippen LogP) is 7.44. The lowest BCUT2D eigenvalue weighted by Crippen LogP contribution is -2.46. The van der Waals surface area contributed by atoms with E-state index in [0.717, 1.165) is 31.5 Å². The molecule has 1 fully saturated rings. The number of carbonyl (C=O) groups is 1. The molecule has 0 radical (unpaired) electrons. The SMILES string of the molecule is CCCCCCCCCCCCCCCC(=O)NC(CN1CCCC1)C(O)c1ccc(Cl)cc1. The maximum absolute atomic E-state index is 12.7. The van der Waals surface area contributed by atoms with Crippen LogP contribution in [0.25, 0.3) is 0 Å². The lowest BCUT2D eigenvalue weighted by molar-refractivity contribution is -0.123. The molecule has 2 rings (SSSR count). The van der Waals surface area contributed by atoms with Crippen molar-refractivity contribution in [2.45, 2.75) is 122 Å². The highest BCUT2D eigenvalue weighted by Crippen LogP contribution is 2.22. The van der Waals surface area contributed by atoms with Crippen molar-refractivity contribution in [3.8, 4) is 0 Å². The monoisotopic (exact) mass is 492 g/mol. The predicted molar refractivity (Wildman–Crippen MR) is 144 cm³/mol. The molecule has 2 unspecified atom stereocenters. The molecule has 0 saturated carbocycles. The first-order chi connectivity index (χ1) is 16.6. The van der Waals surface area contributed by atoms with Gasteiger partial charge in [-0.25, -0.2) is 0 Å². The van der Waals surface area contributed by atoms with Crippen molar-refractivity contribution < 1.29 is 9.90 Å². The minimum Gasteiger partial charge on any atom is -0.386 e. The van der Waals surface area contributed by atoms with Crippen LogP contribution in [0.5, 0.6) is 0 Å². The molecule has 2 atom stereocenters. The van der Waals surface area contributed by atoms with Crippen LogP contribution >= 0.6 is 11.6 Å². The topological polar surface area (TPSA) is 52.6 Å². The Hall–Kier alpha value is -1.10. The lowest BCUT2D eigenvalue weighted by Gasteiger charge is -2.29. The number of unbranched alkanes of at least 4 members (excludes halogenated alkanes) is 12. The summed E-state index contributed by atoms with van der Waals surface area (Å²) < 4.78 is 0. The maximum Gasteiger partial charge on any atom is 0.220 e. The summed E-state index contributed by atoms with van der Waals surface area (Å²) in [5, 5.41) is 14.8. The van der Waals surface area contributed by atoms with E-state index in [1.54, 1.807) is 12.1 Å². The smallest absolute Gasteiger partial charge is 0.220 e. The third-order valence-corrected chi connectivity index (χ3v) is 7.35. The lowest BCUT2D eigenvalue weighted by atomic mass is 10.0. The largest absolute Gasteiger partial charge is 0.386 e. The van der Waals surface area contributed by atoms with Gasteiger partial charge in [-0.2, -0.15) is 0 Å². The highest BCUT2D eigenvalue weighted by molar-refractivity contribution is 6.30. The zero-order valence-electron chi connectivity index (χ0n) is 21.6. The van der Waals surface area contributed by atoms with E-state index in [0.29, 0.717) is 18.0 Å². The number of halogens is 1. The van der Waals surface area contributed by atoms with Crippen LogP contribution in [-0.4, -0.2) is 41.6 Å². The molecule has 1 amide bonds. The van der Waals surface area contributed by atoms with E-state index < -0.39 is 6.10 Å². The molecule has 0 aromatic heterocycles. The van der Waals surface area contributed by atoms with E-state index in [1.807, 2.05) is 12.1 Å². The number of amides is 1. The summed E-state index contributed by atoms with van der Waals surface area (Å²) in [7, 11) is 0. The second-order valence-electron chi connectivity index (χ2n) is 10.2. The summed E-state index contributed by atoms with van der Waals surface area (Å²) >= 11 is 6.00. The number of nitrogens with zero attached hydrogens (tertiary/aromatic N) is 1. The molecule has 0 spiro atoms. The Morgan fingerprint density at radius 2 is 1.38 bits per heavy atom. The molecule has 34 heavy (non-hydrogen) atoms. The average Bonchev–Trinajstić information content (AvgIpc) is 3.35. The first-order valence-electron chi connectivity index (χ1n) is 14.1. The Bertz CT molecular complexity index is 646. The summed E-state index contributed by atoms with van der Waals surface area (Å²) in [4.78, 5) is 15.0. The highest BCUT2D eigenvalue weighted by Gasteiger charge is 2.26. The van der Waals surface area contributed by atoms with Gasteiger partial charge in [-0.15, -0.1) is 0 Å². The Balaban J connectivity index is 1.60. The van der Waals surface area contributed by atoms with E-state index in [4.69, 9.17) is 11.6 Å². The molecule has 0 aliphatic carbocycles. The number of aliphatic hydroxyl groups excluding tert-OH is 1. The fraction of sp³-hybridized carbons (Fsp3) is 0.759. The van der Waals surface area contributed by atoms with Crippen LogP contribution in [0.4, 0.5) is 0 Å². The van der Waals surface area contributed by atoms with Crippen LogP contribution in [0.3, 0.4) is 0 Å². The van der Waals surface area contributed by atoms with Gasteiger partial charge in [-0.05, 0) is 50.0 Å². The van der Waals surface area contributed by atoms with Gasteiger partial charge in [-0.3, -0.25) is 4.79 Å². The van der Waals surface area contributed by atoms with Gasteiger partial charge in [0.1, 0.15) is 6.10 Å². The molecule has 1 aromatic rings. The number of hydrogen-bond donors (Lipinski definition) is 2. The van der Waals surface area contributed by atoms with Crippen LogP contribution in [0.2, 0.25) is 5.02 Å². The molecule has 1 saturated heterocycles. The summed E-state index contributed by atoms with van der Waals surface area (Å²) in [6, 6.07) is 6.99. The van der Waals surface area contributed by atoms with Gasteiger partial charge in [0.2, 0.25) is 5.91 Å². The summed E-state index contributed by atoms with van der Waals surface area (Å²) in [6.45, 7) is 5.04. The Labute approximate surface area is 213 Å². The molecule has 4 nitrogen and oxygen atoms in total. The molecule has 1 aromatic carbocycles. The van der Waals surface area contributed by atoms with Gasteiger partial charge in [0.25, 0.3) is 0 Å². The molecule has 1 aliphatic rings. The molecule has 5 heteroatoms. The van der Waals surface area contributed by atoms with E-state index in [-0.39, 0.29) is 11.9 Å². The molecule has 1 aliphatic heterocycles. The fourth-order valence-electron chi connectivity index (χ4n) is 4.94. The van der Waals surface area contributed by atoms with Gasteiger partial charge < -0.3 is 15.3 Å². The summed E-state index contributed by atoms with van der Waals surface area (Å²) in [6.07, 6.45) is 19.1. The standard InChI is InChI=1S/C29H49ClN2O2/c1-2-3-4-5-6-7-8-9-10-11-12-13-14-17-28(33)31-27(24-32-22-15-16-23-32)29(34)25-18-20-26(30)21-19-25/h18-21,27,29,34H,2-17,22-24H2,1H3,(H,31,33). The van der Waals surface area contributed by atoms with Crippen molar-refractivity contribution >= 4 is 17.5 Å². The summed E-state index contributed by atoms with van der Waals surface area (Å²) in [5.74, 6) is 0.0558. The van der Waals surface area contributed by atoms with Crippen molar-refractivity contribution in [1.29, 1.82) is 0 Å². The van der Waals surface area contributed by atoms with Gasteiger partial charge in [0.15, 0.2) is 0 Å². The van der Waals surface area contributed by atoms with Crippen LogP contribution in [0.1, 0.15) is 121 Å². The number of benzene rings is 1. The molecule has 194 valence electrons. The normalized spacial score (nSPS) is 16.0. The first kappa shape index (κ1) is 29.1. The number of rotatable bonds is 19. The Morgan fingerprint density at radius 3 is 1.91 bits per heavy atom. The van der Waals surface area contributed by atoms with E-state index in [2.05, 4.69) is 17.1 Å². The third-order valence-electron chi connectivity index (χ3n) is 7.10. The number of carbonyl (C=O) groups excluding carboxylic acids is 1. The zero-order chi connectivity index (χ0) is 24.4. The van der Waals surface area contributed by atoms with Gasteiger partial charge >= 0.3 is 0 Å². The quantitative estimate of drug-likeness (QED) is 0.197. The van der Waals surface area contributed by atoms with Crippen molar-refractivity contribution in [2.24, 2.45) is 0 Å². The summed E-state index contributed by atoms with van der Waals surface area (Å²) in [5.41, 5.74) is 0.801. The Kier molecular flexibility index (Phi) is 15.6.